The van der Waals surface area contributed by atoms with Gasteiger partial charge in [-0.15, -0.1) is 5.10 Å². The Morgan fingerprint density at radius 1 is 1.27 bits per heavy atom. The number of nitrogens with zero attached hydrogens (tertiary/aromatic N) is 5. The van der Waals surface area contributed by atoms with Crippen LogP contribution in [-0.4, -0.2) is 31.1 Å². The molecule has 0 spiro atoms. The van der Waals surface area contributed by atoms with Gasteiger partial charge in [-0.25, -0.2) is 9.67 Å². The summed E-state index contributed by atoms with van der Waals surface area (Å²) in [5, 5.41) is 14.3. The Labute approximate surface area is 151 Å². The second-order valence-corrected chi connectivity index (χ2v) is 6.12. The number of ether oxygens (including phenoxy) is 1. The molecule has 8 heteroatoms. The largest absolute Gasteiger partial charge is 0.486 e. The Kier molecular flexibility index (Phi) is 5.21. The van der Waals surface area contributed by atoms with Gasteiger partial charge in [0.1, 0.15) is 18.2 Å². The van der Waals surface area contributed by atoms with E-state index in [2.05, 4.69) is 25.8 Å². The molecule has 0 bridgehead atoms. The minimum Gasteiger partial charge on any atom is -0.486 e. The van der Waals surface area contributed by atoms with Crippen molar-refractivity contribution in [3.8, 4) is 5.75 Å². The minimum atomic E-state index is -0.251. The van der Waals surface area contributed by atoms with Gasteiger partial charge in [-0.05, 0) is 61.0 Å². The molecular weight excluding hydrogens is 332 g/mol. The summed E-state index contributed by atoms with van der Waals surface area (Å²) in [4.78, 5) is 16.6. The van der Waals surface area contributed by atoms with Gasteiger partial charge < -0.3 is 10.1 Å². The van der Waals surface area contributed by atoms with Gasteiger partial charge in [0.05, 0.1) is 6.04 Å². The van der Waals surface area contributed by atoms with Gasteiger partial charge in [0.25, 0.3) is 5.91 Å². The monoisotopic (exact) mass is 352 g/mol. The van der Waals surface area contributed by atoms with Gasteiger partial charge in [-0.3, -0.25) is 4.79 Å². The van der Waals surface area contributed by atoms with Gasteiger partial charge in [0.2, 0.25) is 0 Å². The van der Waals surface area contributed by atoms with Crippen molar-refractivity contribution in [3.05, 3.63) is 59.5 Å². The Balaban J connectivity index is 1.66. The van der Waals surface area contributed by atoms with E-state index in [4.69, 9.17) is 4.74 Å². The zero-order valence-electron chi connectivity index (χ0n) is 14.9. The molecule has 2 aromatic heterocycles. The Bertz CT molecular complexity index is 889. The van der Waals surface area contributed by atoms with Crippen molar-refractivity contribution in [2.24, 2.45) is 0 Å². The van der Waals surface area contributed by atoms with Gasteiger partial charge in [0, 0.05) is 11.8 Å². The quantitative estimate of drug-likeness (QED) is 0.733. The highest BCUT2D eigenvalue weighted by atomic mass is 16.5. The third-order valence-corrected chi connectivity index (χ3v) is 3.67. The second-order valence-electron chi connectivity index (χ2n) is 6.12. The number of hydrogen-bond acceptors (Lipinski definition) is 6. The number of aromatic nitrogens is 5. The van der Waals surface area contributed by atoms with Crippen molar-refractivity contribution >= 4 is 11.7 Å². The summed E-state index contributed by atoms with van der Waals surface area (Å²) in [5.41, 5.74) is 1.51. The van der Waals surface area contributed by atoms with Gasteiger partial charge >= 0.3 is 0 Å². The first-order valence-corrected chi connectivity index (χ1v) is 8.26. The number of amides is 1. The standard InChI is InChI=1S/C18H20N6O2/c1-12(2)24-17(21-22-23-24)11-26-15-6-4-5-14(9-15)18(25)20-16-8-7-13(3)10-19-16/h4-10,12H,11H2,1-3H3,(H,19,20,25). The van der Waals surface area contributed by atoms with Crippen molar-refractivity contribution in [2.45, 2.75) is 33.4 Å². The summed E-state index contributed by atoms with van der Waals surface area (Å²) in [6.07, 6.45) is 1.70. The molecule has 0 aliphatic carbocycles. The molecular formula is C18H20N6O2. The summed E-state index contributed by atoms with van der Waals surface area (Å²) in [7, 11) is 0. The number of benzene rings is 1. The molecule has 2 heterocycles. The minimum absolute atomic E-state index is 0.141. The van der Waals surface area contributed by atoms with Crippen LogP contribution in [0.1, 0.15) is 41.6 Å². The third kappa shape index (κ3) is 4.21. The van der Waals surface area contributed by atoms with E-state index in [1.165, 1.54) is 0 Å². The van der Waals surface area contributed by atoms with Crippen molar-refractivity contribution in [1.82, 2.24) is 25.2 Å². The molecule has 3 rings (SSSR count). The molecule has 3 aromatic rings. The highest BCUT2D eigenvalue weighted by Crippen LogP contribution is 2.16. The van der Waals surface area contributed by atoms with Crippen LogP contribution in [0.25, 0.3) is 0 Å². The number of anilines is 1. The summed E-state index contributed by atoms with van der Waals surface area (Å²) in [5.74, 6) is 1.44. The molecule has 134 valence electrons. The van der Waals surface area contributed by atoms with Crippen molar-refractivity contribution in [2.75, 3.05) is 5.32 Å². The van der Waals surface area contributed by atoms with Gasteiger partial charge in [-0.2, -0.15) is 0 Å². The van der Waals surface area contributed by atoms with E-state index in [0.29, 0.717) is 23.0 Å². The maximum absolute atomic E-state index is 12.4. The fourth-order valence-corrected chi connectivity index (χ4v) is 2.31. The first-order chi connectivity index (χ1) is 12.5. The average molecular weight is 352 g/mol. The van der Waals surface area contributed by atoms with E-state index < -0.39 is 0 Å². The number of aryl methyl sites for hydroxylation is 1. The SMILES string of the molecule is Cc1ccc(NC(=O)c2cccc(OCc3nnnn3C(C)C)c2)nc1. The normalized spacial score (nSPS) is 10.8. The van der Waals surface area contributed by atoms with Crippen LogP contribution in [0.15, 0.2) is 42.6 Å². The lowest BCUT2D eigenvalue weighted by atomic mass is 10.2. The van der Waals surface area contributed by atoms with Crippen LogP contribution in [0.4, 0.5) is 5.82 Å². The average Bonchev–Trinajstić information content (AvgIpc) is 3.11. The van der Waals surface area contributed by atoms with E-state index in [9.17, 15) is 4.79 Å². The predicted octanol–water partition coefficient (Wildman–Crippen LogP) is 2.79. The third-order valence-electron chi connectivity index (χ3n) is 3.67. The molecule has 8 nitrogen and oxygen atoms in total. The molecule has 1 N–H and O–H groups in total. The first kappa shape index (κ1) is 17.5. The number of nitrogens with one attached hydrogen (secondary N) is 1. The van der Waals surface area contributed by atoms with Crippen molar-refractivity contribution in [3.63, 3.8) is 0 Å². The summed E-state index contributed by atoms with van der Waals surface area (Å²) in [6.45, 7) is 6.14. The van der Waals surface area contributed by atoms with Crippen LogP contribution in [0.5, 0.6) is 5.75 Å². The highest BCUT2D eigenvalue weighted by molar-refractivity contribution is 6.03. The zero-order chi connectivity index (χ0) is 18.5. The molecule has 1 aromatic carbocycles. The molecule has 0 unspecified atom stereocenters. The highest BCUT2D eigenvalue weighted by Gasteiger charge is 2.11. The lowest BCUT2D eigenvalue weighted by molar-refractivity contribution is 0.102. The van der Waals surface area contributed by atoms with Crippen LogP contribution >= 0.6 is 0 Å². The molecule has 0 aliphatic heterocycles. The smallest absolute Gasteiger partial charge is 0.256 e. The Morgan fingerprint density at radius 3 is 2.85 bits per heavy atom. The number of rotatable bonds is 6. The van der Waals surface area contributed by atoms with Crippen molar-refractivity contribution in [1.29, 1.82) is 0 Å². The van der Waals surface area contributed by atoms with Crippen LogP contribution in [0.3, 0.4) is 0 Å². The van der Waals surface area contributed by atoms with E-state index >= 15 is 0 Å². The number of pyridine rings is 1. The molecule has 26 heavy (non-hydrogen) atoms. The number of carbonyl (C=O) groups is 1. The Hall–Kier alpha value is -3.29. The zero-order valence-corrected chi connectivity index (χ0v) is 14.9. The fourth-order valence-electron chi connectivity index (χ4n) is 2.31. The predicted molar refractivity (Wildman–Crippen MR) is 95.9 cm³/mol. The van der Waals surface area contributed by atoms with E-state index in [1.807, 2.05) is 26.8 Å². The van der Waals surface area contributed by atoms with Crippen LogP contribution in [0, 0.1) is 6.92 Å². The molecule has 0 radical (unpaired) electrons. The molecule has 0 fully saturated rings. The maximum atomic E-state index is 12.4. The van der Waals surface area contributed by atoms with Gasteiger partial charge in [-0.1, -0.05) is 12.1 Å². The summed E-state index contributed by atoms with van der Waals surface area (Å²) in [6, 6.07) is 10.7. The van der Waals surface area contributed by atoms with Crippen molar-refractivity contribution < 1.29 is 9.53 Å². The Morgan fingerprint density at radius 2 is 2.12 bits per heavy atom. The van der Waals surface area contributed by atoms with Gasteiger partial charge in [0.15, 0.2) is 5.82 Å². The first-order valence-electron chi connectivity index (χ1n) is 8.26. The van der Waals surface area contributed by atoms with Crippen LogP contribution in [-0.2, 0) is 6.61 Å². The van der Waals surface area contributed by atoms with E-state index in [-0.39, 0.29) is 18.6 Å². The number of carbonyl (C=O) groups excluding carboxylic acids is 1. The summed E-state index contributed by atoms with van der Waals surface area (Å²) >= 11 is 0. The molecule has 0 atom stereocenters. The van der Waals surface area contributed by atoms with Crippen LogP contribution < -0.4 is 10.1 Å². The molecule has 0 saturated carbocycles. The topological polar surface area (TPSA) is 94.8 Å². The second kappa shape index (κ2) is 7.73. The lowest BCUT2D eigenvalue weighted by Gasteiger charge is -2.10. The van der Waals surface area contributed by atoms with E-state index in [0.717, 1.165) is 5.56 Å². The molecule has 0 aliphatic rings. The fraction of sp³-hybridized carbons (Fsp3) is 0.278. The summed E-state index contributed by atoms with van der Waals surface area (Å²) < 4.78 is 7.43. The van der Waals surface area contributed by atoms with E-state index in [1.54, 1.807) is 41.2 Å². The maximum Gasteiger partial charge on any atom is 0.256 e. The van der Waals surface area contributed by atoms with Crippen LogP contribution in [0.2, 0.25) is 0 Å². The lowest BCUT2D eigenvalue weighted by Crippen LogP contribution is -2.13. The number of hydrogen-bond donors (Lipinski definition) is 1. The molecule has 1 amide bonds. The molecule has 0 saturated heterocycles. The number of tetrazole rings is 1.